The van der Waals surface area contributed by atoms with Crippen molar-refractivity contribution < 1.29 is 9.53 Å². The van der Waals surface area contributed by atoms with Gasteiger partial charge in [-0.1, -0.05) is 0 Å². The van der Waals surface area contributed by atoms with Gasteiger partial charge in [0.25, 0.3) is 0 Å². The monoisotopic (exact) mass is 254 g/mol. The average molecular weight is 254 g/mol. The Kier molecular flexibility index (Phi) is 3.58. The molecule has 1 heterocycles. The molecule has 2 rings (SSSR count). The second-order valence-corrected chi connectivity index (χ2v) is 6.67. The van der Waals surface area contributed by atoms with Crippen LogP contribution in [0.25, 0.3) is 0 Å². The van der Waals surface area contributed by atoms with Crippen LogP contribution in [0.5, 0.6) is 0 Å². The minimum atomic E-state index is -0.399. The lowest BCUT2D eigenvalue weighted by atomic mass is 9.89. The standard InChI is InChI=1S/C14H26N2O2/c1-13(2,3)18-12(17)16-9-5-6-11(10-16)14(15-4)7-8-14/h11,15H,5-10H2,1-4H3. The Morgan fingerprint density at radius 1 is 1.39 bits per heavy atom. The lowest BCUT2D eigenvalue weighted by Gasteiger charge is -2.37. The lowest BCUT2D eigenvalue weighted by molar-refractivity contribution is 0.0138. The summed E-state index contributed by atoms with van der Waals surface area (Å²) in [6, 6.07) is 0. The Bertz CT molecular complexity index is 318. The molecule has 1 saturated heterocycles. The van der Waals surface area contributed by atoms with Gasteiger partial charge >= 0.3 is 6.09 Å². The molecular weight excluding hydrogens is 228 g/mol. The number of rotatable bonds is 2. The fourth-order valence-corrected chi connectivity index (χ4v) is 2.92. The zero-order chi connectivity index (χ0) is 13.4. The maximum absolute atomic E-state index is 12.1. The van der Waals surface area contributed by atoms with Crippen LogP contribution in [0.3, 0.4) is 0 Å². The van der Waals surface area contributed by atoms with Gasteiger partial charge in [0.05, 0.1) is 0 Å². The van der Waals surface area contributed by atoms with Gasteiger partial charge in [-0.2, -0.15) is 0 Å². The molecule has 0 bridgehead atoms. The molecule has 1 unspecified atom stereocenters. The zero-order valence-corrected chi connectivity index (χ0v) is 12.1. The molecule has 0 aromatic carbocycles. The third-order valence-electron chi connectivity index (χ3n) is 4.14. The van der Waals surface area contributed by atoms with Crippen molar-refractivity contribution in [1.29, 1.82) is 0 Å². The highest BCUT2D eigenvalue weighted by Crippen LogP contribution is 2.45. The SMILES string of the molecule is CNC1(C2CCCN(C(=O)OC(C)(C)C)C2)CC1. The second-order valence-electron chi connectivity index (χ2n) is 6.67. The normalized spacial score (nSPS) is 26.9. The van der Waals surface area contributed by atoms with Crippen molar-refractivity contribution in [2.75, 3.05) is 20.1 Å². The van der Waals surface area contributed by atoms with E-state index in [0.29, 0.717) is 11.5 Å². The average Bonchev–Trinajstić information content (AvgIpc) is 3.08. The van der Waals surface area contributed by atoms with Gasteiger partial charge in [0.15, 0.2) is 0 Å². The van der Waals surface area contributed by atoms with Crippen LogP contribution in [0.15, 0.2) is 0 Å². The van der Waals surface area contributed by atoms with Gasteiger partial charge in [-0.3, -0.25) is 0 Å². The van der Waals surface area contributed by atoms with Crippen LogP contribution in [0.4, 0.5) is 4.79 Å². The summed E-state index contributed by atoms with van der Waals surface area (Å²) < 4.78 is 5.46. The fourth-order valence-electron chi connectivity index (χ4n) is 2.92. The summed E-state index contributed by atoms with van der Waals surface area (Å²) >= 11 is 0. The predicted octanol–water partition coefficient (Wildman–Crippen LogP) is 2.39. The zero-order valence-electron chi connectivity index (χ0n) is 12.1. The van der Waals surface area contributed by atoms with Gasteiger partial charge in [0.1, 0.15) is 5.60 Å². The summed E-state index contributed by atoms with van der Waals surface area (Å²) in [5.74, 6) is 0.587. The van der Waals surface area contributed by atoms with Crippen LogP contribution in [0.1, 0.15) is 46.5 Å². The largest absolute Gasteiger partial charge is 0.444 e. The molecule has 4 nitrogen and oxygen atoms in total. The van der Waals surface area contributed by atoms with Crippen molar-refractivity contribution in [1.82, 2.24) is 10.2 Å². The first-order valence-electron chi connectivity index (χ1n) is 7.03. The summed E-state index contributed by atoms with van der Waals surface area (Å²) in [5.41, 5.74) is -0.0923. The van der Waals surface area contributed by atoms with Crippen molar-refractivity contribution >= 4 is 6.09 Å². The van der Waals surface area contributed by atoms with Crippen LogP contribution in [0, 0.1) is 5.92 Å². The fraction of sp³-hybridized carbons (Fsp3) is 0.929. The second kappa shape index (κ2) is 4.72. The molecule has 0 spiro atoms. The number of nitrogens with one attached hydrogen (secondary N) is 1. The van der Waals surface area contributed by atoms with Crippen LogP contribution in [-0.2, 0) is 4.74 Å². The summed E-state index contributed by atoms with van der Waals surface area (Å²) in [5, 5.41) is 3.45. The minimum Gasteiger partial charge on any atom is -0.444 e. The van der Waals surface area contributed by atoms with E-state index < -0.39 is 5.60 Å². The molecule has 104 valence electrons. The number of nitrogens with zero attached hydrogens (tertiary/aromatic N) is 1. The van der Waals surface area contributed by atoms with Crippen molar-refractivity contribution in [3.8, 4) is 0 Å². The van der Waals surface area contributed by atoms with Gasteiger partial charge in [-0.25, -0.2) is 4.79 Å². The van der Waals surface area contributed by atoms with Crippen LogP contribution < -0.4 is 5.32 Å². The van der Waals surface area contributed by atoms with E-state index in [4.69, 9.17) is 4.74 Å². The molecule has 0 radical (unpaired) electrons. The first-order chi connectivity index (χ1) is 8.36. The summed E-state index contributed by atoms with van der Waals surface area (Å²) in [4.78, 5) is 14.0. The van der Waals surface area contributed by atoms with E-state index in [1.807, 2.05) is 32.7 Å². The van der Waals surface area contributed by atoms with E-state index in [9.17, 15) is 4.79 Å². The maximum atomic E-state index is 12.1. The van der Waals surface area contributed by atoms with Crippen molar-refractivity contribution in [3.63, 3.8) is 0 Å². The molecule has 0 aromatic heterocycles. The third-order valence-corrected chi connectivity index (χ3v) is 4.14. The lowest BCUT2D eigenvalue weighted by Crippen LogP contribution is -2.49. The Labute approximate surface area is 110 Å². The van der Waals surface area contributed by atoms with E-state index in [-0.39, 0.29) is 6.09 Å². The van der Waals surface area contributed by atoms with Crippen LogP contribution in [0.2, 0.25) is 0 Å². The molecule has 2 aliphatic rings. The molecule has 1 N–H and O–H groups in total. The summed E-state index contributed by atoms with van der Waals surface area (Å²) in [7, 11) is 2.04. The quantitative estimate of drug-likeness (QED) is 0.822. The number of carbonyl (C=O) groups is 1. The number of ether oxygens (including phenoxy) is 1. The Morgan fingerprint density at radius 3 is 2.56 bits per heavy atom. The van der Waals surface area contributed by atoms with E-state index in [0.717, 1.165) is 19.5 Å². The number of carbonyl (C=O) groups excluding carboxylic acids is 1. The minimum absolute atomic E-state index is 0.154. The van der Waals surface area contributed by atoms with E-state index in [1.165, 1.54) is 19.3 Å². The molecule has 1 amide bonds. The van der Waals surface area contributed by atoms with Gasteiger partial charge in [0, 0.05) is 18.6 Å². The van der Waals surface area contributed by atoms with Gasteiger partial charge < -0.3 is 15.0 Å². The van der Waals surface area contributed by atoms with E-state index in [2.05, 4.69) is 5.32 Å². The smallest absolute Gasteiger partial charge is 0.410 e. The number of amides is 1. The molecule has 2 fully saturated rings. The number of hydrogen-bond donors (Lipinski definition) is 1. The first kappa shape index (κ1) is 13.7. The van der Waals surface area contributed by atoms with E-state index >= 15 is 0 Å². The van der Waals surface area contributed by atoms with Crippen molar-refractivity contribution in [2.45, 2.75) is 57.6 Å². The van der Waals surface area contributed by atoms with Gasteiger partial charge in [0.2, 0.25) is 0 Å². The Hall–Kier alpha value is -0.770. The summed E-state index contributed by atoms with van der Waals surface area (Å²) in [6.45, 7) is 7.44. The molecule has 1 atom stereocenters. The summed E-state index contributed by atoms with van der Waals surface area (Å²) in [6.07, 6.45) is 4.65. The molecule has 4 heteroatoms. The highest BCUT2D eigenvalue weighted by atomic mass is 16.6. The molecule has 1 aliphatic carbocycles. The number of likely N-dealkylation sites (tertiary alicyclic amines) is 1. The van der Waals surface area contributed by atoms with Crippen LogP contribution >= 0.6 is 0 Å². The molecule has 1 aliphatic heterocycles. The number of hydrogen-bond acceptors (Lipinski definition) is 3. The van der Waals surface area contributed by atoms with Crippen molar-refractivity contribution in [2.24, 2.45) is 5.92 Å². The third kappa shape index (κ3) is 2.97. The topological polar surface area (TPSA) is 41.6 Å². The highest BCUT2D eigenvalue weighted by molar-refractivity contribution is 5.68. The maximum Gasteiger partial charge on any atom is 0.410 e. The molecule has 1 saturated carbocycles. The molecule has 0 aromatic rings. The molecular formula is C14H26N2O2. The number of piperidine rings is 1. The first-order valence-corrected chi connectivity index (χ1v) is 7.03. The van der Waals surface area contributed by atoms with Crippen molar-refractivity contribution in [3.05, 3.63) is 0 Å². The van der Waals surface area contributed by atoms with Gasteiger partial charge in [-0.15, -0.1) is 0 Å². The molecule has 18 heavy (non-hydrogen) atoms. The predicted molar refractivity (Wildman–Crippen MR) is 71.6 cm³/mol. The Morgan fingerprint density at radius 2 is 2.06 bits per heavy atom. The Balaban J connectivity index is 1.93. The van der Waals surface area contributed by atoms with Crippen LogP contribution in [-0.4, -0.2) is 42.3 Å². The van der Waals surface area contributed by atoms with Gasteiger partial charge in [-0.05, 0) is 59.4 Å². The van der Waals surface area contributed by atoms with E-state index in [1.54, 1.807) is 0 Å². The highest BCUT2D eigenvalue weighted by Gasteiger charge is 2.49.